The molecule has 0 saturated heterocycles. The van der Waals surface area contributed by atoms with E-state index >= 15 is 0 Å². The molecule has 1 aromatic heterocycles. The van der Waals surface area contributed by atoms with Crippen LogP contribution in [-0.4, -0.2) is 19.5 Å². The minimum Gasteiger partial charge on any atom is -0.359 e. The van der Waals surface area contributed by atoms with Gasteiger partial charge < -0.3 is 9.84 Å². The van der Waals surface area contributed by atoms with Crippen molar-refractivity contribution in [2.24, 2.45) is 0 Å². The molecule has 0 aliphatic heterocycles. The van der Waals surface area contributed by atoms with Gasteiger partial charge in [-0.25, -0.2) is 8.42 Å². The van der Waals surface area contributed by atoms with E-state index < -0.39 is 10.0 Å². The van der Waals surface area contributed by atoms with E-state index in [9.17, 15) is 13.2 Å². The summed E-state index contributed by atoms with van der Waals surface area (Å²) in [4.78, 5) is 12.4. The highest BCUT2D eigenvalue weighted by Gasteiger charge is 2.17. The summed E-state index contributed by atoms with van der Waals surface area (Å²) in [6.45, 7) is 3.40. The van der Waals surface area contributed by atoms with Crippen molar-refractivity contribution in [2.45, 2.75) is 18.7 Å². The molecule has 2 N–H and O–H groups in total. The number of nitrogens with one attached hydrogen (secondary N) is 2. The van der Waals surface area contributed by atoms with Gasteiger partial charge in [-0.2, -0.15) is 0 Å². The monoisotopic (exact) mass is 405 g/mol. The predicted molar refractivity (Wildman–Crippen MR) is 103 cm³/mol. The molecule has 0 aliphatic carbocycles. The van der Waals surface area contributed by atoms with Gasteiger partial charge >= 0.3 is 0 Å². The minimum absolute atomic E-state index is 0.0336. The number of aromatic nitrogens is 1. The molecule has 0 bridgehead atoms. The number of rotatable bonds is 5. The molecule has 7 nitrogen and oxygen atoms in total. The van der Waals surface area contributed by atoms with Crippen LogP contribution >= 0.6 is 11.6 Å². The summed E-state index contributed by atoms with van der Waals surface area (Å²) in [6.07, 6.45) is 0. The van der Waals surface area contributed by atoms with Crippen molar-refractivity contribution in [1.29, 1.82) is 0 Å². The van der Waals surface area contributed by atoms with Crippen LogP contribution in [0.15, 0.2) is 57.9 Å². The largest absolute Gasteiger partial charge is 0.359 e. The molecular formula is C18H16ClN3O4S. The maximum atomic E-state index is 12.4. The smallest absolute Gasteiger partial charge is 0.261 e. The predicted octanol–water partition coefficient (Wildman–Crippen LogP) is 4.00. The lowest BCUT2D eigenvalue weighted by Gasteiger charge is -2.09. The normalized spacial score (nSPS) is 11.2. The van der Waals surface area contributed by atoms with E-state index in [0.717, 1.165) is 0 Å². The Bertz CT molecular complexity index is 1060. The van der Waals surface area contributed by atoms with Gasteiger partial charge in [-0.1, -0.05) is 16.8 Å². The third kappa shape index (κ3) is 4.29. The first-order chi connectivity index (χ1) is 12.8. The summed E-state index contributed by atoms with van der Waals surface area (Å²) < 4.78 is 32.3. The molecule has 2 aromatic carbocycles. The fourth-order valence-corrected chi connectivity index (χ4v) is 3.55. The number of amides is 1. The molecule has 0 spiro atoms. The van der Waals surface area contributed by atoms with Crippen LogP contribution in [0.4, 0.5) is 11.4 Å². The second kappa shape index (κ2) is 7.42. The quantitative estimate of drug-likeness (QED) is 0.668. The van der Waals surface area contributed by atoms with Crippen LogP contribution in [0.3, 0.4) is 0 Å². The van der Waals surface area contributed by atoms with E-state index in [1.807, 2.05) is 0 Å². The summed E-state index contributed by atoms with van der Waals surface area (Å²) in [7, 11) is -3.78. The summed E-state index contributed by atoms with van der Waals surface area (Å²) in [5.74, 6) is 0.103. The highest BCUT2D eigenvalue weighted by atomic mass is 35.5. The summed E-state index contributed by atoms with van der Waals surface area (Å²) in [5.41, 5.74) is 1.76. The molecule has 140 valence electrons. The lowest BCUT2D eigenvalue weighted by Crippen LogP contribution is -2.15. The molecule has 1 heterocycles. The second-order valence-corrected chi connectivity index (χ2v) is 7.91. The van der Waals surface area contributed by atoms with Gasteiger partial charge in [0.1, 0.15) is 11.4 Å². The van der Waals surface area contributed by atoms with Crippen LogP contribution < -0.4 is 10.0 Å². The van der Waals surface area contributed by atoms with Crippen molar-refractivity contribution in [1.82, 2.24) is 5.16 Å². The van der Waals surface area contributed by atoms with Crippen LogP contribution in [0.5, 0.6) is 0 Å². The molecule has 0 saturated carbocycles. The topological polar surface area (TPSA) is 101 Å². The Balaban J connectivity index is 1.76. The Morgan fingerprint density at radius 2 is 1.67 bits per heavy atom. The number of aryl methyl sites for hydroxylation is 2. The first-order valence-electron chi connectivity index (χ1n) is 7.89. The third-order valence-corrected chi connectivity index (χ3v) is 5.44. The maximum absolute atomic E-state index is 12.4. The van der Waals surface area contributed by atoms with Gasteiger partial charge in [0, 0.05) is 16.3 Å². The Morgan fingerprint density at radius 1 is 1.04 bits per heavy atom. The zero-order chi connectivity index (χ0) is 19.6. The molecule has 3 rings (SSSR count). The van der Waals surface area contributed by atoms with Crippen LogP contribution in [0, 0.1) is 13.8 Å². The number of halogens is 1. The molecule has 0 atom stereocenters. The van der Waals surface area contributed by atoms with E-state index in [2.05, 4.69) is 15.2 Å². The molecule has 27 heavy (non-hydrogen) atoms. The first-order valence-corrected chi connectivity index (χ1v) is 9.75. The van der Waals surface area contributed by atoms with Crippen LogP contribution in [0.25, 0.3) is 0 Å². The Kier molecular flexibility index (Phi) is 5.20. The summed E-state index contributed by atoms with van der Waals surface area (Å²) in [6, 6.07) is 11.9. The zero-order valence-electron chi connectivity index (χ0n) is 14.5. The van der Waals surface area contributed by atoms with E-state index in [0.29, 0.717) is 33.4 Å². The number of nitrogens with zero attached hydrogens (tertiary/aromatic N) is 1. The van der Waals surface area contributed by atoms with Crippen molar-refractivity contribution in [3.8, 4) is 0 Å². The fourth-order valence-electron chi connectivity index (χ4n) is 2.36. The van der Waals surface area contributed by atoms with Crippen molar-refractivity contribution in [3.63, 3.8) is 0 Å². The standard InChI is InChI=1S/C18H16ClN3O4S/c1-11-17(12(2)26-21-11)20-18(23)13-3-9-16(10-4-13)27(24,25)22-15-7-5-14(19)6-8-15/h3-10,22H,1-2H3,(H,20,23). The van der Waals surface area contributed by atoms with Crippen molar-refractivity contribution < 1.29 is 17.7 Å². The number of sulfonamides is 1. The Hall–Kier alpha value is -2.84. The van der Waals surface area contributed by atoms with E-state index in [-0.39, 0.29) is 10.8 Å². The third-order valence-electron chi connectivity index (χ3n) is 3.80. The molecule has 0 aliphatic rings. The molecule has 0 radical (unpaired) electrons. The highest BCUT2D eigenvalue weighted by molar-refractivity contribution is 7.92. The van der Waals surface area contributed by atoms with Crippen LogP contribution in [0.2, 0.25) is 5.02 Å². The number of carbonyl (C=O) groups is 1. The van der Waals surface area contributed by atoms with Gasteiger partial charge in [0.05, 0.1) is 4.90 Å². The average Bonchev–Trinajstić information content (AvgIpc) is 2.95. The summed E-state index contributed by atoms with van der Waals surface area (Å²) in [5, 5.41) is 6.98. The second-order valence-electron chi connectivity index (χ2n) is 5.79. The van der Waals surface area contributed by atoms with Crippen LogP contribution in [0.1, 0.15) is 21.8 Å². The number of hydrogen-bond acceptors (Lipinski definition) is 5. The van der Waals surface area contributed by atoms with Gasteiger partial charge in [-0.05, 0) is 62.4 Å². The van der Waals surface area contributed by atoms with E-state index in [1.165, 1.54) is 24.3 Å². The first kappa shape index (κ1) is 18.9. The summed E-state index contributed by atoms with van der Waals surface area (Å²) >= 11 is 5.79. The fraction of sp³-hybridized carbons (Fsp3) is 0.111. The molecular weight excluding hydrogens is 390 g/mol. The van der Waals surface area contributed by atoms with Crippen LogP contribution in [-0.2, 0) is 10.0 Å². The Labute approximate surface area is 161 Å². The maximum Gasteiger partial charge on any atom is 0.261 e. The van der Waals surface area contributed by atoms with E-state index in [1.54, 1.807) is 38.1 Å². The van der Waals surface area contributed by atoms with E-state index in [4.69, 9.17) is 16.1 Å². The van der Waals surface area contributed by atoms with Gasteiger partial charge in [-0.3, -0.25) is 9.52 Å². The van der Waals surface area contributed by atoms with Crippen molar-refractivity contribution in [2.75, 3.05) is 10.0 Å². The van der Waals surface area contributed by atoms with Gasteiger partial charge in [0.15, 0.2) is 5.76 Å². The number of benzene rings is 2. The van der Waals surface area contributed by atoms with Crippen molar-refractivity contribution >= 4 is 38.9 Å². The molecule has 3 aromatic rings. The minimum atomic E-state index is -3.78. The molecule has 9 heteroatoms. The molecule has 0 unspecified atom stereocenters. The Morgan fingerprint density at radius 3 is 2.22 bits per heavy atom. The zero-order valence-corrected chi connectivity index (χ0v) is 16.1. The number of carbonyl (C=O) groups excluding carboxylic acids is 1. The highest BCUT2D eigenvalue weighted by Crippen LogP contribution is 2.21. The van der Waals surface area contributed by atoms with Crippen molar-refractivity contribution in [3.05, 3.63) is 70.6 Å². The lowest BCUT2D eigenvalue weighted by molar-refractivity contribution is 0.102. The van der Waals surface area contributed by atoms with Gasteiger partial charge in [0.25, 0.3) is 15.9 Å². The number of anilines is 2. The lowest BCUT2D eigenvalue weighted by atomic mass is 10.2. The number of hydrogen-bond donors (Lipinski definition) is 2. The molecule has 1 amide bonds. The van der Waals surface area contributed by atoms with Gasteiger partial charge in [-0.15, -0.1) is 0 Å². The van der Waals surface area contributed by atoms with Gasteiger partial charge in [0.2, 0.25) is 0 Å². The SMILES string of the molecule is Cc1noc(C)c1NC(=O)c1ccc(S(=O)(=O)Nc2ccc(Cl)cc2)cc1. The molecule has 0 fully saturated rings. The average molecular weight is 406 g/mol.